The summed E-state index contributed by atoms with van der Waals surface area (Å²) in [5, 5.41) is 2.30. The normalized spacial score (nSPS) is 14.8. The summed E-state index contributed by atoms with van der Waals surface area (Å²) >= 11 is 0. The van der Waals surface area contributed by atoms with Gasteiger partial charge in [0.1, 0.15) is 13.2 Å². The summed E-state index contributed by atoms with van der Waals surface area (Å²) in [4.78, 5) is 0. The fourth-order valence-electron chi connectivity index (χ4n) is 1.65. The molecule has 0 aliphatic carbocycles. The first-order valence-electron chi connectivity index (χ1n) is 5.74. The molecular formula is C12H13F4NO2. The molecule has 1 aliphatic heterocycles. The molecule has 19 heavy (non-hydrogen) atoms. The molecule has 0 saturated carbocycles. The van der Waals surface area contributed by atoms with E-state index in [0.29, 0.717) is 30.3 Å². The number of hydrogen-bond acceptors (Lipinski definition) is 3. The van der Waals surface area contributed by atoms with Gasteiger partial charge in [0.15, 0.2) is 11.5 Å². The maximum atomic E-state index is 12.7. The number of ether oxygens (including phenoxy) is 2. The Bertz CT molecular complexity index is 440. The van der Waals surface area contributed by atoms with Gasteiger partial charge in [-0.1, -0.05) is 6.07 Å². The van der Waals surface area contributed by atoms with Crippen molar-refractivity contribution in [1.29, 1.82) is 0 Å². The number of halogens is 4. The Kier molecular flexibility index (Phi) is 4.14. The van der Waals surface area contributed by atoms with Crippen molar-refractivity contribution >= 4 is 0 Å². The largest absolute Gasteiger partial charge is 0.486 e. The number of rotatable bonds is 5. The molecule has 1 heterocycles. The lowest BCUT2D eigenvalue weighted by molar-refractivity contribution is -0.125. The van der Waals surface area contributed by atoms with E-state index in [2.05, 4.69) is 5.32 Å². The molecular weight excluding hydrogens is 266 g/mol. The van der Waals surface area contributed by atoms with Crippen molar-refractivity contribution in [3.63, 3.8) is 0 Å². The van der Waals surface area contributed by atoms with Crippen LogP contribution in [0.15, 0.2) is 18.2 Å². The second kappa shape index (κ2) is 5.64. The topological polar surface area (TPSA) is 30.5 Å². The third-order valence-corrected chi connectivity index (χ3v) is 2.62. The molecule has 0 bridgehead atoms. The van der Waals surface area contributed by atoms with E-state index in [1.54, 1.807) is 18.2 Å². The van der Waals surface area contributed by atoms with Crippen molar-refractivity contribution in [2.45, 2.75) is 18.9 Å². The molecule has 1 N–H and O–H groups in total. The van der Waals surface area contributed by atoms with Gasteiger partial charge in [0.05, 0.1) is 6.54 Å². The summed E-state index contributed by atoms with van der Waals surface area (Å²) in [6, 6.07) is 4.97. The van der Waals surface area contributed by atoms with Crippen LogP contribution in [0.5, 0.6) is 11.5 Å². The monoisotopic (exact) mass is 279 g/mol. The van der Waals surface area contributed by atoms with Gasteiger partial charge in [-0.15, -0.1) is 0 Å². The maximum absolute atomic E-state index is 12.7. The van der Waals surface area contributed by atoms with Gasteiger partial charge in [-0.05, 0) is 17.7 Å². The van der Waals surface area contributed by atoms with Crippen molar-refractivity contribution in [2.24, 2.45) is 0 Å². The molecule has 0 amide bonds. The first kappa shape index (κ1) is 13.9. The number of hydrogen-bond donors (Lipinski definition) is 1. The molecule has 0 saturated heterocycles. The summed E-state index contributed by atoms with van der Waals surface area (Å²) in [6.07, 6.45) is -3.67. The predicted molar refractivity (Wildman–Crippen MR) is 60.1 cm³/mol. The van der Waals surface area contributed by atoms with E-state index in [1.165, 1.54) is 0 Å². The van der Waals surface area contributed by atoms with Gasteiger partial charge in [-0.2, -0.15) is 8.78 Å². The predicted octanol–water partition coefficient (Wildman–Crippen LogP) is 2.45. The Labute approximate surface area is 107 Å². The standard InChI is InChI=1S/C12H13F4NO2/c13-11(14)12(15,16)7-17-6-8-1-2-9-10(5-8)19-4-3-18-9/h1-2,5,11,17H,3-4,6-7H2. The summed E-state index contributed by atoms with van der Waals surface area (Å²) in [7, 11) is 0. The minimum Gasteiger partial charge on any atom is -0.486 e. The van der Waals surface area contributed by atoms with Crippen molar-refractivity contribution in [1.82, 2.24) is 5.32 Å². The lowest BCUT2D eigenvalue weighted by atomic mass is 10.2. The van der Waals surface area contributed by atoms with Crippen LogP contribution in [0.1, 0.15) is 5.56 Å². The van der Waals surface area contributed by atoms with Crippen LogP contribution in [0.3, 0.4) is 0 Å². The molecule has 0 radical (unpaired) electrons. The van der Waals surface area contributed by atoms with E-state index in [4.69, 9.17) is 9.47 Å². The lowest BCUT2D eigenvalue weighted by Gasteiger charge is -2.19. The Morgan fingerprint density at radius 1 is 1.16 bits per heavy atom. The maximum Gasteiger partial charge on any atom is 0.319 e. The summed E-state index contributed by atoms with van der Waals surface area (Å²) < 4.78 is 59.8. The molecule has 1 aromatic carbocycles. The van der Waals surface area contributed by atoms with Gasteiger partial charge in [0, 0.05) is 6.54 Å². The molecule has 1 aliphatic rings. The van der Waals surface area contributed by atoms with Crippen molar-refractivity contribution < 1.29 is 27.0 Å². The minimum absolute atomic E-state index is 0.0545. The van der Waals surface area contributed by atoms with Crippen LogP contribution < -0.4 is 14.8 Å². The van der Waals surface area contributed by atoms with Gasteiger partial charge in [-0.25, -0.2) is 8.78 Å². The molecule has 0 unspecified atom stereocenters. The second-order valence-electron chi connectivity index (χ2n) is 4.14. The summed E-state index contributed by atoms with van der Waals surface area (Å²) in [5.41, 5.74) is 0.661. The third kappa shape index (κ3) is 3.50. The zero-order valence-corrected chi connectivity index (χ0v) is 9.97. The van der Waals surface area contributed by atoms with E-state index in [-0.39, 0.29) is 6.54 Å². The molecule has 3 nitrogen and oxygen atoms in total. The highest BCUT2D eigenvalue weighted by atomic mass is 19.3. The highest BCUT2D eigenvalue weighted by molar-refractivity contribution is 5.43. The molecule has 0 aromatic heterocycles. The Morgan fingerprint density at radius 2 is 1.84 bits per heavy atom. The summed E-state index contributed by atoms with van der Waals surface area (Å²) in [6.45, 7) is -0.128. The Hall–Kier alpha value is -1.50. The molecule has 1 aromatic rings. The fourth-order valence-corrected chi connectivity index (χ4v) is 1.65. The SMILES string of the molecule is FC(F)C(F)(F)CNCc1ccc2c(c1)OCCO2. The summed E-state index contributed by atoms with van der Waals surface area (Å²) in [5.74, 6) is -2.90. The van der Waals surface area contributed by atoms with Crippen LogP contribution in [0.4, 0.5) is 17.6 Å². The molecule has 7 heteroatoms. The molecule has 0 fully saturated rings. The minimum atomic E-state index is -4.02. The van der Waals surface area contributed by atoms with Crippen LogP contribution in [0.2, 0.25) is 0 Å². The average Bonchev–Trinajstić information content (AvgIpc) is 2.38. The van der Waals surface area contributed by atoms with Crippen LogP contribution in [-0.4, -0.2) is 32.1 Å². The van der Waals surface area contributed by atoms with Crippen LogP contribution >= 0.6 is 0 Å². The smallest absolute Gasteiger partial charge is 0.319 e. The van der Waals surface area contributed by atoms with E-state index >= 15 is 0 Å². The van der Waals surface area contributed by atoms with Crippen molar-refractivity contribution in [2.75, 3.05) is 19.8 Å². The zero-order chi connectivity index (χ0) is 13.9. The Balaban J connectivity index is 1.90. The van der Waals surface area contributed by atoms with E-state index in [9.17, 15) is 17.6 Å². The van der Waals surface area contributed by atoms with Gasteiger partial charge in [0.2, 0.25) is 0 Å². The Morgan fingerprint density at radius 3 is 2.53 bits per heavy atom. The first-order chi connectivity index (χ1) is 8.99. The molecule has 2 rings (SSSR count). The second-order valence-corrected chi connectivity index (χ2v) is 4.14. The van der Waals surface area contributed by atoms with Crippen LogP contribution in [0, 0.1) is 0 Å². The molecule has 0 atom stereocenters. The lowest BCUT2D eigenvalue weighted by Crippen LogP contribution is -2.38. The van der Waals surface area contributed by atoms with Crippen LogP contribution in [-0.2, 0) is 6.54 Å². The zero-order valence-electron chi connectivity index (χ0n) is 9.97. The number of alkyl halides is 4. The average molecular weight is 279 g/mol. The third-order valence-electron chi connectivity index (χ3n) is 2.62. The highest BCUT2D eigenvalue weighted by Gasteiger charge is 2.39. The molecule has 106 valence electrons. The van der Waals surface area contributed by atoms with E-state index in [1.807, 2.05) is 0 Å². The van der Waals surface area contributed by atoms with Gasteiger partial charge < -0.3 is 14.8 Å². The van der Waals surface area contributed by atoms with E-state index in [0.717, 1.165) is 0 Å². The van der Waals surface area contributed by atoms with Crippen molar-refractivity contribution in [3.8, 4) is 11.5 Å². The quantitative estimate of drug-likeness (QED) is 0.840. The van der Waals surface area contributed by atoms with Crippen LogP contribution in [0.25, 0.3) is 0 Å². The number of nitrogens with one attached hydrogen (secondary N) is 1. The van der Waals surface area contributed by atoms with E-state index < -0.39 is 18.9 Å². The first-order valence-corrected chi connectivity index (χ1v) is 5.74. The van der Waals surface area contributed by atoms with Gasteiger partial charge >= 0.3 is 12.3 Å². The molecule has 0 spiro atoms. The van der Waals surface area contributed by atoms with Crippen molar-refractivity contribution in [3.05, 3.63) is 23.8 Å². The van der Waals surface area contributed by atoms with Gasteiger partial charge in [-0.3, -0.25) is 0 Å². The van der Waals surface area contributed by atoms with Gasteiger partial charge in [0.25, 0.3) is 0 Å². The highest BCUT2D eigenvalue weighted by Crippen LogP contribution is 2.30. The fraction of sp³-hybridized carbons (Fsp3) is 0.500. The number of fused-ring (bicyclic) bond motifs is 1. The number of benzene rings is 1.